The molecule has 0 aliphatic heterocycles. The molecule has 0 atom stereocenters. The van der Waals surface area contributed by atoms with E-state index in [9.17, 15) is 0 Å². The number of para-hydroxylation sites is 4. The van der Waals surface area contributed by atoms with Crippen LogP contribution in [0.5, 0.6) is 0 Å². The van der Waals surface area contributed by atoms with E-state index in [1.54, 1.807) is 0 Å². The summed E-state index contributed by atoms with van der Waals surface area (Å²) in [6.07, 6.45) is 0. The molecule has 0 aliphatic rings. The van der Waals surface area contributed by atoms with Crippen LogP contribution in [0.15, 0.2) is 209 Å². The Bertz CT molecular complexity index is 3210. The molecule has 0 bridgehead atoms. The molecule has 0 radical (unpaired) electrons. The van der Waals surface area contributed by atoms with E-state index in [0.29, 0.717) is 0 Å². The first-order valence-electron chi connectivity index (χ1n) is 18.7. The number of rotatable bonds is 6. The first-order valence-corrected chi connectivity index (χ1v) is 18.7. The van der Waals surface area contributed by atoms with Gasteiger partial charge in [-0.05, 0) is 75.5 Å². The minimum Gasteiger partial charge on any atom is -0.455 e. The van der Waals surface area contributed by atoms with Gasteiger partial charge in [0.25, 0.3) is 0 Å². The fraction of sp³-hybridized carbons (Fsp3) is 0. The minimum absolute atomic E-state index is 0.843. The van der Waals surface area contributed by atoms with Gasteiger partial charge in [-0.1, -0.05) is 158 Å². The summed E-state index contributed by atoms with van der Waals surface area (Å²) in [6, 6.07) is 71.0. The zero-order valence-corrected chi connectivity index (χ0v) is 29.8. The van der Waals surface area contributed by atoms with Gasteiger partial charge in [0.1, 0.15) is 16.7 Å². The molecular weight excluding hydrogens is 671 g/mol. The molecule has 0 N–H and O–H groups in total. The Balaban J connectivity index is 1.15. The van der Waals surface area contributed by atoms with E-state index in [-0.39, 0.29) is 0 Å². The standard InChI is InChI=1S/C52H33NO2/c1-2-13-35(14-3-1)41-31-28-39(38-25-24-34-12-4-5-15-37(34)32-38)33-48(41)53(47-21-11-20-46-44-17-7-9-23-50(44)55-52(46)47)40-29-26-36(27-30-40)42-18-10-19-45-43-16-6-8-22-49(43)54-51(42)45/h1-33H. The Hall–Kier alpha value is -7.36. The number of hydrogen-bond acceptors (Lipinski definition) is 3. The molecule has 0 unspecified atom stereocenters. The molecule has 3 nitrogen and oxygen atoms in total. The van der Waals surface area contributed by atoms with Crippen LogP contribution >= 0.6 is 0 Å². The second-order valence-electron chi connectivity index (χ2n) is 14.1. The summed E-state index contributed by atoms with van der Waals surface area (Å²) >= 11 is 0. The lowest BCUT2D eigenvalue weighted by Gasteiger charge is -2.29. The highest BCUT2D eigenvalue weighted by Crippen LogP contribution is 2.47. The smallest absolute Gasteiger partial charge is 0.159 e. The van der Waals surface area contributed by atoms with E-state index in [0.717, 1.165) is 94.3 Å². The predicted octanol–water partition coefficient (Wildman–Crippen LogP) is 15.1. The van der Waals surface area contributed by atoms with Crippen molar-refractivity contribution < 1.29 is 8.83 Å². The van der Waals surface area contributed by atoms with Crippen LogP contribution in [0.3, 0.4) is 0 Å². The summed E-state index contributed by atoms with van der Waals surface area (Å²) in [5.74, 6) is 0. The molecule has 258 valence electrons. The predicted molar refractivity (Wildman–Crippen MR) is 229 cm³/mol. The Labute approximate surface area is 317 Å². The summed E-state index contributed by atoms with van der Waals surface area (Å²) in [5.41, 5.74) is 13.2. The van der Waals surface area contributed by atoms with Crippen molar-refractivity contribution in [2.75, 3.05) is 4.90 Å². The van der Waals surface area contributed by atoms with Gasteiger partial charge in [-0.3, -0.25) is 0 Å². The third kappa shape index (κ3) is 5.20. The van der Waals surface area contributed by atoms with Crippen molar-refractivity contribution in [1.82, 2.24) is 0 Å². The Kier molecular flexibility index (Phi) is 7.17. The first-order chi connectivity index (χ1) is 27.3. The van der Waals surface area contributed by atoms with E-state index in [4.69, 9.17) is 8.83 Å². The van der Waals surface area contributed by atoms with E-state index < -0.39 is 0 Å². The minimum atomic E-state index is 0.843. The third-order valence-corrected chi connectivity index (χ3v) is 10.9. The quantitative estimate of drug-likeness (QED) is 0.173. The second-order valence-corrected chi connectivity index (χ2v) is 14.1. The Morgan fingerprint density at radius 3 is 1.65 bits per heavy atom. The van der Waals surface area contributed by atoms with Gasteiger partial charge in [0.15, 0.2) is 5.58 Å². The van der Waals surface area contributed by atoms with Crippen LogP contribution in [0.2, 0.25) is 0 Å². The average Bonchev–Trinajstić information content (AvgIpc) is 3.83. The lowest BCUT2D eigenvalue weighted by atomic mass is 9.95. The maximum Gasteiger partial charge on any atom is 0.159 e. The number of hydrogen-bond donors (Lipinski definition) is 0. The molecule has 2 aromatic heterocycles. The molecule has 0 saturated carbocycles. The molecule has 11 rings (SSSR count). The highest BCUT2D eigenvalue weighted by atomic mass is 16.3. The monoisotopic (exact) mass is 703 g/mol. The maximum absolute atomic E-state index is 6.73. The average molecular weight is 704 g/mol. The molecule has 55 heavy (non-hydrogen) atoms. The Morgan fingerprint density at radius 2 is 0.873 bits per heavy atom. The fourth-order valence-electron chi connectivity index (χ4n) is 8.21. The number of anilines is 3. The molecule has 0 saturated heterocycles. The van der Waals surface area contributed by atoms with Crippen LogP contribution in [-0.4, -0.2) is 0 Å². The van der Waals surface area contributed by atoms with Crippen molar-refractivity contribution in [3.05, 3.63) is 200 Å². The van der Waals surface area contributed by atoms with Gasteiger partial charge in [-0.25, -0.2) is 0 Å². The number of nitrogens with zero attached hydrogens (tertiary/aromatic N) is 1. The molecule has 0 aliphatic carbocycles. The third-order valence-electron chi connectivity index (χ3n) is 10.9. The van der Waals surface area contributed by atoms with Crippen molar-refractivity contribution in [3.63, 3.8) is 0 Å². The van der Waals surface area contributed by atoms with Gasteiger partial charge in [0.2, 0.25) is 0 Å². The van der Waals surface area contributed by atoms with Crippen molar-refractivity contribution in [2.45, 2.75) is 0 Å². The molecule has 0 amide bonds. The van der Waals surface area contributed by atoms with Gasteiger partial charge < -0.3 is 13.7 Å². The number of fused-ring (bicyclic) bond motifs is 7. The molecular formula is C52H33NO2. The molecule has 2 heterocycles. The maximum atomic E-state index is 6.73. The van der Waals surface area contributed by atoms with Gasteiger partial charge in [-0.2, -0.15) is 0 Å². The van der Waals surface area contributed by atoms with Crippen LogP contribution in [0, 0.1) is 0 Å². The van der Waals surface area contributed by atoms with E-state index in [1.807, 2.05) is 24.3 Å². The summed E-state index contributed by atoms with van der Waals surface area (Å²) in [5, 5.41) is 6.87. The van der Waals surface area contributed by atoms with Crippen molar-refractivity contribution in [3.8, 4) is 33.4 Å². The first kappa shape index (κ1) is 31.2. The van der Waals surface area contributed by atoms with Crippen LogP contribution in [0.25, 0.3) is 88.0 Å². The number of benzene rings is 9. The van der Waals surface area contributed by atoms with E-state index in [2.05, 4.69) is 181 Å². The van der Waals surface area contributed by atoms with Crippen LogP contribution in [-0.2, 0) is 0 Å². The second kappa shape index (κ2) is 12.6. The molecule has 0 spiro atoms. The molecule has 3 heteroatoms. The van der Waals surface area contributed by atoms with Gasteiger partial charge in [-0.15, -0.1) is 0 Å². The fourth-order valence-corrected chi connectivity index (χ4v) is 8.21. The SMILES string of the molecule is c1ccc(-c2ccc(-c3ccc4ccccc4c3)cc2N(c2ccc(-c3cccc4c3oc3ccccc34)cc2)c2cccc3c2oc2ccccc23)cc1. The topological polar surface area (TPSA) is 29.5 Å². The largest absolute Gasteiger partial charge is 0.455 e. The lowest BCUT2D eigenvalue weighted by Crippen LogP contribution is -2.12. The zero-order chi connectivity index (χ0) is 36.3. The summed E-state index contributed by atoms with van der Waals surface area (Å²) in [4.78, 5) is 2.36. The highest BCUT2D eigenvalue weighted by Gasteiger charge is 2.23. The van der Waals surface area contributed by atoms with E-state index in [1.165, 1.54) is 10.8 Å². The summed E-state index contributed by atoms with van der Waals surface area (Å²) < 4.78 is 13.2. The molecule has 9 aromatic carbocycles. The van der Waals surface area contributed by atoms with Crippen LogP contribution in [0.4, 0.5) is 17.1 Å². The van der Waals surface area contributed by atoms with Gasteiger partial charge >= 0.3 is 0 Å². The highest BCUT2D eigenvalue weighted by molar-refractivity contribution is 6.12. The van der Waals surface area contributed by atoms with Crippen molar-refractivity contribution in [2.24, 2.45) is 0 Å². The number of furan rings is 2. The van der Waals surface area contributed by atoms with Gasteiger partial charge in [0, 0.05) is 38.4 Å². The molecule has 0 fully saturated rings. The normalized spacial score (nSPS) is 11.6. The summed E-state index contributed by atoms with van der Waals surface area (Å²) in [7, 11) is 0. The lowest BCUT2D eigenvalue weighted by molar-refractivity contribution is 0.669. The van der Waals surface area contributed by atoms with Gasteiger partial charge in [0.05, 0.1) is 11.4 Å². The van der Waals surface area contributed by atoms with Crippen LogP contribution in [0.1, 0.15) is 0 Å². The van der Waals surface area contributed by atoms with Crippen molar-refractivity contribution >= 4 is 71.7 Å². The van der Waals surface area contributed by atoms with E-state index >= 15 is 0 Å². The molecule has 11 aromatic rings. The Morgan fingerprint density at radius 1 is 0.309 bits per heavy atom. The van der Waals surface area contributed by atoms with Crippen LogP contribution < -0.4 is 4.90 Å². The zero-order valence-electron chi connectivity index (χ0n) is 29.8. The summed E-state index contributed by atoms with van der Waals surface area (Å²) in [6.45, 7) is 0. The van der Waals surface area contributed by atoms with Crippen molar-refractivity contribution in [1.29, 1.82) is 0 Å².